The number of nitrogens with two attached hydrogens (primary N) is 1. The Morgan fingerprint density at radius 2 is 2.00 bits per heavy atom. The van der Waals surface area contributed by atoms with Crippen LogP contribution in [0.1, 0.15) is 18.9 Å². The average molecular weight is 237 g/mol. The number of rotatable bonds is 3. The van der Waals surface area contributed by atoms with Gasteiger partial charge in [-0.1, -0.05) is 6.07 Å². The van der Waals surface area contributed by atoms with E-state index in [9.17, 15) is 0 Å². The summed E-state index contributed by atoms with van der Waals surface area (Å²) in [7, 11) is 1.66. The van der Waals surface area contributed by atoms with Gasteiger partial charge in [0.2, 0.25) is 0 Å². The highest BCUT2D eigenvalue weighted by Gasteiger charge is 2.26. The van der Waals surface area contributed by atoms with E-state index in [1.165, 1.54) is 0 Å². The van der Waals surface area contributed by atoms with Gasteiger partial charge in [-0.25, -0.2) is 0 Å². The van der Waals surface area contributed by atoms with Crippen molar-refractivity contribution in [3.05, 3.63) is 23.8 Å². The molecule has 2 N–H and O–H groups in total. The molecule has 4 nitrogen and oxygen atoms in total. The Balaban J connectivity index is 2.35. The van der Waals surface area contributed by atoms with E-state index in [0.29, 0.717) is 19.8 Å². The van der Waals surface area contributed by atoms with E-state index in [1.54, 1.807) is 7.11 Å². The highest BCUT2D eigenvalue weighted by atomic mass is 16.5. The predicted octanol–water partition coefficient (Wildman–Crippen LogP) is 1.67. The van der Waals surface area contributed by atoms with E-state index in [4.69, 9.17) is 19.9 Å². The maximum atomic E-state index is 5.76. The number of fused-ring (bicyclic) bond motifs is 1. The number of ether oxygens (including phenoxy) is 3. The number of hydrogen-bond acceptors (Lipinski definition) is 4. The average Bonchev–Trinajstić information content (AvgIpc) is 2.62. The van der Waals surface area contributed by atoms with Crippen molar-refractivity contribution in [3.63, 3.8) is 0 Å². The molecule has 0 bridgehead atoms. The summed E-state index contributed by atoms with van der Waals surface area (Å²) in [5, 5.41) is 0. The molecule has 17 heavy (non-hydrogen) atoms. The van der Waals surface area contributed by atoms with Crippen molar-refractivity contribution in [2.24, 2.45) is 5.73 Å². The van der Waals surface area contributed by atoms with Crippen molar-refractivity contribution in [1.82, 2.24) is 0 Å². The largest absolute Gasteiger partial charge is 0.490 e. The molecule has 0 amide bonds. The molecule has 0 saturated carbocycles. The molecule has 1 aliphatic rings. The van der Waals surface area contributed by atoms with Gasteiger partial charge in [-0.05, 0) is 24.6 Å². The zero-order chi connectivity index (χ0) is 12.3. The summed E-state index contributed by atoms with van der Waals surface area (Å²) in [6.45, 7) is 3.77. The summed E-state index contributed by atoms with van der Waals surface area (Å²) in [4.78, 5) is 0. The highest BCUT2D eigenvalue weighted by Crippen LogP contribution is 2.34. The molecule has 0 fully saturated rings. The lowest BCUT2D eigenvalue weighted by Gasteiger charge is -2.27. The molecule has 2 rings (SSSR count). The van der Waals surface area contributed by atoms with Crippen LogP contribution < -0.4 is 15.2 Å². The fourth-order valence-corrected chi connectivity index (χ4v) is 1.81. The molecule has 0 aromatic heterocycles. The predicted molar refractivity (Wildman–Crippen MR) is 65.5 cm³/mol. The van der Waals surface area contributed by atoms with Gasteiger partial charge in [-0.2, -0.15) is 0 Å². The minimum absolute atomic E-state index is 0.420. The molecule has 1 aromatic carbocycles. The molecule has 1 heterocycles. The summed E-state index contributed by atoms with van der Waals surface area (Å²) >= 11 is 0. The monoisotopic (exact) mass is 237 g/mol. The molecule has 0 radical (unpaired) electrons. The summed E-state index contributed by atoms with van der Waals surface area (Å²) in [5.74, 6) is 1.57. The van der Waals surface area contributed by atoms with Crippen LogP contribution in [0.4, 0.5) is 0 Å². The second-order valence-corrected chi connectivity index (χ2v) is 4.35. The van der Waals surface area contributed by atoms with Crippen molar-refractivity contribution in [3.8, 4) is 11.5 Å². The molecule has 4 heteroatoms. The summed E-state index contributed by atoms with van der Waals surface area (Å²) in [6.07, 6.45) is 0.905. The molecule has 94 valence electrons. The first-order valence-corrected chi connectivity index (χ1v) is 5.85. The van der Waals surface area contributed by atoms with Gasteiger partial charge in [-0.3, -0.25) is 0 Å². The van der Waals surface area contributed by atoms with E-state index in [0.717, 1.165) is 23.5 Å². The smallest absolute Gasteiger partial charge is 0.161 e. The number of benzene rings is 1. The number of methoxy groups -OCH3 is 1. The van der Waals surface area contributed by atoms with E-state index >= 15 is 0 Å². The standard InChI is InChI=1S/C13H19NO3/c1-13(9-14,15-2)10-4-5-11-12(8-10)17-7-3-6-16-11/h4-5,8H,3,6-7,9,14H2,1-2H3. The normalized spacial score (nSPS) is 18.3. The Labute approximate surface area is 102 Å². The fourth-order valence-electron chi connectivity index (χ4n) is 1.81. The van der Waals surface area contributed by atoms with Crippen molar-refractivity contribution in [2.75, 3.05) is 26.9 Å². The summed E-state index contributed by atoms with van der Waals surface area (Å²) in [6, 6.07) is 5.85. The molecular formula is C13H19NO3. The lowest BCUT2D eigenvalue weighted by molar-refractivity contribution is 0.00987. The Morgan fingerprint density at radius 1 is 1.29 bits per heavy atom. The van der Waals surface area contributed by atoms with Gasteiger partial charge in [0, 0.05) is 20.1 Å². The SMILES string of the molecule is COC(C)(CN)c1ccc2c(c1)OCCCO2. The Morgan fingerprint density at radius 3 is 2.65 bits per heavy atom. The van der Waals surface area contributed by atoms with Crippen molar-refractivity contribution < 1.29 is 14.2 Å². The minimum atomic E-state index is -0.481. The lowest BCUT2D eigenvalue weighted by atomic mass is 9.95. The third-order valence-electron chi connectivity index (χ3n) is 3.20. The second-order valence-electron chi connectivity index (χ2n) is 4.35. The minimum Gasteiger partial charge on any atom is -0.490 e. The van der Waals surface area contributed by atoms with E-state index < -0.39 is 5.60 Å². The van der Waals surface area contributed by atoms with Crippen LogP contribution in [0.25, 0.3) is 0 Å². The molecule has 0 aliphatic carbocycles. The van der Waals surface area contributed by atoms with Gasteiger partial charge in [0.25, 0.3) is 0 Å². The molecule has 0 saturated heterocycles. The van der Waals surface area contributed by atoms with Crippen LogP contribution in [-0.4, -0.2) is 26.9 Å². The third kappa shape index (κ3) is 2.37. The van der Waals surface area contributed by atoms with Gasteiger partial charge >= 0.3 is 0 Å². The van der Waals surface area contributed by atoms with Crippen LogP contribution in [0, 0.1) is 0 Å². The lowest BCUT2D eigenvalue weighted by Crippen LogP contribution is -2.33. The third-order valence-corrected chi connectivity index (χ3v) is 3.20. The van der Waals surface area contributed by atoms with Crippen LogP contribution in [0.5, 0.6) is 11.5 Å². The molecule has 0 spiro atoms. The van der Waals surface area contributed by atoms with E-state index in [1.807, 2.05) is 25.1 Å². The fraction of sp³-hybridized carbons (Fsp3) is 0.538. The maximum Gasteiger partial charge on any atom is 0.161 e. The first kappa shape index (κ1) is 12.2. The van der Waals surface area contributed by atoms with Gasteiger partial charge in [0.1, 0.15) is 5.60 Å². The van der Waals surface area contributed by atoms with Crippen LogP contribution in [0.2, 0.25) is 0 Å². The van der Waals surface area contributed by atoms with Crippen molar-refractivity contribution in [2.45, 2.75) is 18.9 Å². The van der Waals surface area contributed by atoms with Crippen LogP contribution in [-0.2, 0) is 10.3 Å². The molecule has 1 aliphatic heterocycles. The topological polar surface area (TPSA) is 53.7 Å². The number of hydrogen-bond donors (Lipinski definition) is 1. The summed E-state index contributed by atoms with van der Waals surface area (Å²) in [5.41, 5.74) is 6.28. The molecule has 1 unspecified atom stereocenters. The van der Waals surface area contributed by atoms with Crippen molar-refractivity contribution in [1.29, 1.82) is 0 Å². The first-order valence-electron chi connectivity index (χ1n) is 5.85. The highest BCUT2D eigenvalue weighted by molar-refractivity contribution is 5.45. The maximum absolute atomic E-state index is 5.76. The first-order chi connectivity index (χ1) is 8.19. The Kier molecular flexibility index (Phi) is 3.54. The van der Waals surface area contributed by atoms with Crippen molar-refractivity contribution >= 4 is 0 Å². The molecule has 1 aromatic rings. The van der Waals surface area contributed by atoms with E-state index in [-0.39, 0.29) is 0 Å². The Bertz CT molecular complexity index is 388. The van der Waals surface area contributed by atoms with E-state index in [2.05, 4.69) is 0 Å². The summed E-state index contributed by atoms with van der Waals surface area (Å²) < 4.78 is 16.7. The van der Waals surface area contributed by atoms with Gasteiger partial charge in [0.15, 0.2) is 11.5 Å². The molecule has 1 atom stereocenters. The molecular weight excluding hydrogens is 218 g/mol. The zero-order valence-corrected chi connectivity index (χ0v) is 10.4. The Hall–Kier alpha value is -1.26. The quantitative estimate of drug-likeness (QED) is 0.868. The van der Waals surface area contributed by atoms with Gasteiger partial charge < -0.3 is 19.9 Å². The van der Waals surface area contributed by atoms with Crippen LogP contribution in [0.3, 0.4) is 0 Å². The van der Waals surface area contributed by atoms with Gasteiger partial charge in [-0.15, -0.1) is 0 Å². The van der Waals surface area contributed by atoms with Gasteiger partial charge in [0.05, 0.1) is 13.2 Å². The second kappa shape index (κ2) is 4.94. The van der Waals surface area contributed by atoms with Crippen LogP contribution >= 0.6 is 0 Å². The zero-order valence-electron chi connectivity index (χ0n) is 10.4. The van der Waals surface area contributed by atoms with Crippen LogP contribution in [0.15, 0.2) is 18.2 Å².